The molecule has 0 aliphatic carbocycles. The summed E-state index contributed by atoms with van der Waals surface area (Å²) in [6.07, 6.45) is -0.412. The van der Waals surface area contributed by atoms with Crippen LogP contribution in [0.2, 0.25) is 0 Å². The van der Waals surface area contributed by atoms with Crippen LogP contribution in [0.5, 0.6) is 0 Å². The number of aliphatic hydroxyl groups is 1. The molecule has 3 N–H and O–H groups in total. The Morgan fingerprint density at radius 2 is 2.44 bits per heavy atom. The SMILES string of the molecule is Cc1cn([C@H]2C[C@H](O)[C@@H](CN=O)O2)c(=O)nc1N. The van der Waals surface area contributed by atoms with Crippen molar-refractivity contribution < 1.29 is 9.84 Å². The van der Waals surface area contributed by atoms with Gasteiger partial charge >= 0.3 is 5.69 Å². The standard InChI is InChI=1S/C10H14N4O4/c1-5-4-14(10(16)13-9(5)11)8-2-6(15)7(18-8)3-12-17/h4,6-8,15H,2-3H2,1H3,(H2,11,13,16)/t6-,7+,8+/m0/s1. The molecule has 1 aromatic rings. The minimum atomic E-state index is -0.822. The van der Waals surface area contributed by atoms with E-state index in [4.69, 9.17) is 10.5 Å². The Kier molecular flexibility index (Phi) is 3.39. The van der Waals surface area contributed by atoms with Crippen LogP contribution in [-0.2, 0) is 4.74 Å². The van der Waals surface area contributed by atoms with Crippen molar-refractivity contribution in [1.82, 2.24) is 9.55 Å². The van der Waals surface area contributed by atoms with Gasteiger partial charge in [-0.1, -0.05) is 5.18 Å². The van der Waals surface area contributed by atoms with Gasteiger partial charge in [0.15, 0.2) is 0 Å². The summed E-state index contributed by atoms with van der Waals surface area (Å²) < 4.78 is 6.68. The maximum Gasteiger partial charge on any atom is 0.351 e. The lowest BCUT2D eigenvalue weighted by Crippen LogP contribution is -2.28. The Morgan fingerprint density at radius 1 is 1.72 bits per heavy atom. The zero-order valence-corrected chi connectivity index (χ0v) is 9.81. The largest absolute Gasteiger partial charge is 0.390 e. The fourth-order valence-corrected chi connectivity index (χ4v) is 1.91. The van der Waals surface area contributed by atoms with Gasteiger partial charge in [0.2, 0.25) is 0 Å². The number of rotatable bonds is 3. The fraction of sp³-hybridized carbons (Fsp3) is 0.600. The molecular weight excluding hydrogens is 240 g/mol. The Labute approximate surface area is 102 Å². The van der Waals surface area contributed by atoms with Gasteiger partial charge in [0.25, 0.3) is 0 Å². The zero-order chi connectivity index (χ0) is 13.3. The van der Waals surface area contributed by atoms with Crippen molar-refractivity contribution in [3.8, 4) is 0 Å². The first kappa shape index (κ1) is 12.7. The third-order valence-corrected chi connectivity index (χ3v) is 2.94. The van der Waals surface area contributed by atoms with Gasteiger partial charge in [-0.2, -0.15) is 9.89 Å². The average molecular weight is 254 g/mol. The number of aliphatic hydroxyl groups excluding tert-OH is 1. The van der Waals surface area contributed by atoms with Gasteiger partial charge in [0.05, 0.1) is 6.10 Å². The van der Waals surface area contributed by atoms with E-state index in [-0.39, 0.29) is 18.8 Å². The van der Waals surface area contributed by atoms with Crippen molar-refractivity contribution in [3.63, 3.8) is 0 Å². The molecule has 1 aromatic heterocycles. The minimum Gasteiger partial charge on any atom is -0.390 e. The number of nitrogens with zero attached hydrogens (tertiary/aromatic N) is 3. The molecule has 1 saturated heterocycles. The zero-order valence-electron chi connectivity index (χ0n) is 9.81. The van der Waals surface area contributed by atoms with Crippen molar-refractivity contribution in [2.24, 2.45) is 5.18 Å². The second kappa shape index (κ2) is 4.83. The normalized spacial score (nSPS) is 27.3. The molecule has 0 spiro atoms. The second-order valence-electron chi connectivity index (χ2n) is 4.24. The van der Waals surface area contributed by atoms with Crippen LogP contribution < -0.4 is 11.4 Å². The summed E-state index contributed by atoms with van der Waals surface area (Å²) in [5.74, 6) is 0.168. The third-order valence-electron chi connectivity index (χ3n) is 2.94. The first-order valence-corrected chi connectivity index (χ1v) is 5.51. The van der Waals surface area contributed by atoms with E-state index in [1.807, 2.05) is 0 Å². The van der Waals surface area contributed by atoms with Gasteiger partial charge in [-0.25, -0.2) is 4.79 Å². The van der Waals surface area contributed by atoms with E-state index in [2.05, 4.69) is 10.2 Å². The van der Waals surface area contributed by atoms with Crippen molar-refractivity contribution in [2.75, 3.05) is 12.3 Å². The summed E-state index contributed by atoms with van der Waals surface area (Å²) in [6.45, 7) is 1.57. The highest BCUT2D eigenvalue weighted by atomic mass is 16.5. The number of nitrogen functional groups attached to an aromatic ring is 1. The highest BCUT2D eigenvalue weighted by Crippen LogP contribution is 2.28. The van der Waals surface area contributed by atoms with Crippen LogP contribution in [0.1, 0.15) is 18.2 Å². The van der Waals surface area contributed by atoms with Gasteiger partial charge in [-0.15, -0.1) is 0 Å². The molecule has 8 nitrogen and oxygen atoms in total. The van der Waals surface area contributed by atoms with E-state index in [1.54, 1.807) is 6.92 Å². The number of hydrogen-bond donors (Lipinski definition) is 2. The number of aromatic nitrogens is 2. The summed E-state index contributed by atoms with van der Waals surface area (Å²) >= 11 is 0. The monoisotopic (exact) mass is 254 g/mol. The molecule has 1 aliphatic rings. The molecule has 1 fully saturated rings. The molecule has 18 heavy (non-hydrogen) atoms. The van der Waals surface area contributed by atoms with E-state index >= 15 is 0 Å². The Hall–Kier alpha value is -1.80. The lowest BCUT2D eigenvalue weighted by molar-refractivity contribution is -0.0150. The summed E-state index contributed by atoms with van der Waals surface area (Å²) in [6, 6.07) is 0. The molecule has 0 radical (unpaired) electrons. The number of nitroso groups, excluding NO2 is 1. The molecule has 2 heterocycles. The Balaban J connectivity index is 2.26. The number of aryl methyl sites for hydroxylation is 1. The smallest absolute Gasteiger partial charge is 0.351 e. The molecule has 8 heteroatoms. The third kappa shape index (κ3) is 2.24. The van der Waals surface area contributed by atoms with Crippen molar-refractivity contribution >= 4 is 5.82 Å². The second-order valence-corrected chi connectivity index (χ2v) is 4.24. The summed E-state index contributed by atoms with van der Waals surface area (Å²) in [5.41, 5.74) is 5.62. The molecule has 2 rings (SSSR count). The molecule has 0 aromatic carbocycles. The van der Waals surface area contributed by atoms with Crippen LogP contribution in [0.15, 0.2) is 16.2 Å². The number of anilines is 1. The topological polar surface area (TPSA) is 120 Å². The summed E-state index contributed by atoms with van der Waals surface area (Å²) in [4.78, 5) is 25.5. The summed E-state index contributed by atoms with van der Waals surface area (Å²) in [7, 11) is 0. The van der Waals surface area contributed by atoms with Crippen molar-refractivity contribution in [2.45, 2.75) is 31.8 Å². The maximum absolute atomic E-state index is 11.7. The van der Waals surface area contributed by atoms with Gasteiger partial charge in [-0.3, -0.25) is 4.57 Å². The number of nitrogens with two attached hydrogens (primary N) is 1. The van der Waals surface area contributed by atoms with Crippen LogP contribution in [-0.4, -0.2) is 33.4 Å². The summed E-state index contributed by atoms with van der Waals surface area (Å²) in [5, 5.41) is 12.4. The number of ether oxygens (including phenoxy) is 1. The Bertz CT molecular complexity index is 515. The molecule has 0 unspecified atom stereocenters. The number of hydrogen-bond acceptors (Lipinski definition) is 7. The Morgan fingerprint density at radius 3 is 3.11 bits per heavy atom. The predicted molar refractivity (Wildman–Crippen MR) is 62.8 cm³/mol. The van der Waals surface area contributed by atoms with Crippen molar-refractivity contribution in [1.29, 1.82) is 0 Å². The quantitative estimate of drug-likeness (QED) is 0.705. The van der Waals surface area contributed by atoms with Crippen LogP contribution >= 0.6 is 0 Å². The van der Waals surface area contributed by atoms with Crippen molar-refractivity contribution in [3.05, 3.63) is 27.2 Å². The van der Waals surface area contributed by atoms with E-state index in [0.717, 1.165) is 0 Å². The lowest BCUT2D eigenvalue weighted by atomic mass is 10.2. The molecule has 0 saturated carbocycles. The highest BCUT2D eigenvalue weighted by Gasteiger charge is 2.35. The molecule has 98 valence electrons. The molecule has 3 atom stereocenters. The average Bonchev–Trinajstić information content (AvgIpc) is 2.66. The molecular formula is C10H14N4O4. The first-order valence-electron chi connectivity index (χ1n) is 5.51. The minimum absolute atomic E-state index is 0.145. The van der Waals surface area contributed by atoms with E-state index < -0.39 is 24.1 Å². The van der Waals surface area contributed by atoms with Gasteiger partial charge in [-0.05, 0) is 6.92 Å². The van der Waals surface area contributed by atoms with Gasteiger partial charge < -0.3 is 15.6 Å². The van der Waals surface area contributed by atoms with E-state index in [9.17, 15) is 14.8 Å². The van der Waals surface area contributed by atoms with Gasteiger partial charge in [0.1, 0.15) is 24.7 Å². The highest BCUT2D eigenvalue weighted by molar-refractivity contribution is 5.35. The van der Waals surface area contributed by atoms with Crippen LogP contribution in [0.25, 0.3) is 0 Å². The van der Waals surface area contributed by atoms with E-state index in [0.29, 0.717) is 5.56 Å². The van der Waals surface area contributed by atoms with Crippen LogP contribution in [0, 0.1) is 11.8 Å². The first-order chi connectivity index (χ1) is 8.52. The van der Waals surface area contributed by atoms with Crippen LogP contribution in [0.3, 0.4) is 0 Å². The fourth-order valence-electron chi connectivity index (χ4n) is 1.91. The predicted octanol–water partition coefficient (Wildman–Crippen LogP) is -0.451. The van der Waals surface area contributed by atoms with Crippen LogP contribution in [0.4, 0.5) is 5.82 Å². The maximum atomic E-state index is 11.7. The lowest BCUT2D eigenvalue weighted by Gasteiger charge is -2.14. The molecule has 0 bridgehead atoms. The van der Waals surface area contributed by atoms with Gasteiger partial charge in [0, 0.05) is 18.2 Å². The molecule has 0 amide bonds. The van der Waals surface area contributed by atoms with E-state index in [1.165, 1.54) is 10.8 Å². The molecule has 1 aliphatic heterocycles.